The molecule has 0 N–H and O–H groups in total. The first-order chi connectivity index (χ1) is 10.4. The molecular weight excluding hydrogens is 288 g/mol. The van der Waals surface area contributed by atoms with Crippen LogP contribution in [0, 0.1) is 17.0 Å². The zero-order chi connectivity index (χ0) is 16.3. The Bertz CT molecular complexity index is 690. The summed E-state index contributed by atoms with van der Waals surface area (Å²) < 4.78 is 3.15. The molecule has 0 aliphatic heterocycles. The van der Waals surface area contributed by atoms with E-state index in [4.69, 9.17) is 0 Å². The fourth-order valence-corrected chi connectivity index (χ4v) is 2.13. The zero-order valence-electron chi connectivity index (χ0n) is 12.8. The van der Waals surface area contributed by atoms with Crippen molar-refractivity contribution in [2.75, 3.05) is 7.05 Å². The first-order valence-electron chi connectivity index (χ1n) is 6.85. The highest BCUT2D eigenvalue weighted by Crippen LogP contribution is 2.16. The highest BCUT2D eigenvalue weighted by molar-refractivity contribution is 5.75. The van der Waals surface area contributed by atoms with Crippen LogP contribution in [0.4, 0.5) is 5.69 Å². The van der Waals surface area contributed by atoms with Crippen molar-refractivity contribution in [3.63, 3.8) is 0 Å². The molecule has 0 spiro atoms. The van der Waals surface area contributed by atoms with Crippen molar-refractivity contribution in [3.05, 3.63) is 40.0 Å². The predicted octanol–water partition coefficient (Wildman–Crippen LogP) is 0.975. The molecule has 0 aliphatic rings. The van der Waals surface area contributed by atoms with Crippen LogP contribution in [0.1, 0.15) is 18.3 Å². The van der Waals surface area contributed by atoms with E-state index in [0.717, 1.165) is 18.4 Å². The molecule has 0 bridgehead atoms. The first kappa shape index (κ1) is 15.7. The van der Waals surface area contributed by atoms with Gasteiger partial charge in [0.15, 0.2) is 0 Å². The maximum atomic E-state index is 12.2. The van der Waals surface area contributed by atoms with Crippen molar-refractivity contribution in [2.24, 2.45) is 0 Å². The van der Waals surface area contributed by atoms with Crippen molar-refractivity contribution in [1.82, 2.24) is 24.5 Å². The summed E-state index contributed by atoms with van der Waals surface area (Å²) in [6, 6.07) is 1.86. The number of nitro groups is 1. The van der Waals surface area contributed by atoms with Crippen LogP contribution < -0.4 is 0 Å². The molecule has 0 atom stereocenters. The monoisotopic (exact) mass is 306 g/mol. The summed E-state index contributed by atoms with van der Waals surface area (Å²) in [6.07, 6.45) is 2.85. The molecule has 2 heterocycles. The van der Waals surface area contributed by atoms with Gasteiger partial charge in [-0.1, -0.05) is 0 Å². The lowest BCUT2D eigenvalue weighted by Crippen LogP contribution is -2.31. The van der Waals surface area contributed by atoms with Crippen LogP contribution in [0.5, 0.6) is 0 Å². The third-order valence-corrected chi connectivity index (χ3v) is 3.49. The first-order valence-corrected chi connectivity index (χ1v) is 6.85. The fourth-order valence-electron chi connectivity index (χ4n) is 2.13. The van der Waals surface area contributed by atoms with Crippen LogP contribution in [-0.2, 0) is 24.4 Å². The lowest BCUT2D eigenvalue weighted by Gasteiger charge is -2.18. The van der Waals surface area contributed by atoms with Gasteiger partial charge in [0.1, 0.15) is 18.4 Å². The third kappa shape index (κ3) is 3.13. The summed E-state index contributed by atoms with van der Waals surface area (Å²) in [7, 11) is 1.68. The summed E-state index contributed by atoms with van der Waals surface area (Å²) in [5.41, 5.74) is 1.21. The quantitative estimate of drug-likeness (QED) is 0.585. The number of likely N-dealkylation sites (N-methyl/N-ethyl adjacent to an activating group) is 1. The van der Waals surface area contributed by atoms with E-state index in [0.29, 0.717) is 12.2 Å². The summed E-state index contributed by atoms with van der Waals surface area (Å²) >= 11 is 0. The van der Waals surface area contributed by atoms with Crippen molar-refractivity contribution in [1.29, 1.82) is 0 Å². The van der Waals surface area contributed by atoms with Crippen molar-refractivity contribution in [3.8, 4) is 0 Å². The van der Waals surface area contributed by atoms with E-state index in [-0.39, 0.29) is 18.1 Å². The van der Waals surface area contributed by atoms with Crippen LogP contribution in [-0.4, -0.2) is 42.3 Å². The Kier molecular flexibility index (Phi) is 4.54. The van der Waals surface area contributed by atoms with Gasteiger partial charge in [-0.05, 0) is 19.9 Å². The Morgan fingerprint density at radius 2 is 2.14 bits per heavy atom. The number of rotatable bonds is 6. The molecule has 0 unspecified atom stereocenters. The molecule has 2 rings (SSSR count). The van der Waals surface area contributed by atoms with Gasteiger partial charge in [-0.15, -0.1) is 0 Å². The minimum absolute atomic E-state index is 0.0313. The third-order valence-electron chi connectivity index (χ3n) is 3.49. The minimum atomic E-state index is -0.507. The van der Waals surface area contributed by atoms with Gasteiger partial charge in [-0.3, -0.25) is 24.3 Å². The lowest BCUT2D eigenvalue weighted by molar-refractivity contribution is -0.385. The number of carbonyl (C=O) groups is 1. The molecule has 22 heavy (non-hydrogen) atoms. The number of aromatic nitrogens is 4. The molecule has 0 saturated carbocycles. The molecule has 0 aliphatic carbocycles. The van der Waals surface area contributed by atoms with Gasteiger partial charge < -0.3 is 4.90 Å². The van der Waals surface area contributed by atoms with Gasteiger partial charge in [-0.25, -0.2) is 0 Å². The van der Waals surface area contributed by atoms with Gasteiger partial charge in [-0.2, -0.15) is 10.2 Å². The molecule has 9 nitrogen and oxygen atoms in total. The number of nitrogens with zero attached hydrogens (tertiary/aromatic N) is 6. The second-order valence-corrected chi connectivity index (χ2v) is 4.92. The molecule has 0 radical (unpaired) electrons. The van der Waals surface area contributed by atoms with Gasteiger partial charge in [0.25, 0.3) is 0 Å². The SMILES string of the molecule is CCn1nccc1CN(C)C(=O)Cn1ncc([N+](=O)[O-])c1C. The Balaban J connectivity index is 2.04. The number of aryl methyl sites for hydroxylation is 1. The molecule has 1 amide bonds. The normalized spacial score (nSPS) is 10.7. The highest BCUT2D eigenvalue weighted by Gasteiger charge is 2.19. The molecule has 118 valence electrons. The van der Waals surface area contributed by atoms with Crippen LogP contribution in [0.15, 0.2) is 18.5 Å². The maximum absolute atomic E-state index is 12.2. The Morgan fingerprint density at radius 3 is 2.73 bits per heavy atom. The molecule has 2 aromatic rings. The van der Waals surface area contributed by atoms with Crippen LogP contribution in [0.2, 0.25) is 0 Å². The topological polar surface area (TPSA) is 99.1 Å². The highest BCUT2D eigenvalue weighted by atomic mass is 16.6. The average molecular weight is 306 g/mol. The van der Waals surface area contributed by atoms with E-state index in [1.165, 1.54) is 4.68 Å². The Morgan fingerprint density at radius 1 is 1.41 bits per heavy atom. The standard InChI is InChI=1S/C13H18N6O3/c1-4-17-11(5-6-14-17)8-16(3)13(20)9-18-10(2)12(7-15-18)19(21)22/h5-7H,4,8-9H2,1-3H3. The molecular formula is C13H18N6O3. The molecule has 9 heteroatoms. The average Bonchev–Trinajstić information content (AvgIpc) is 3.06. The summed E-state index contributed by atoms with van der Waals surface area (Å²) in [5.74, 6) is -0.176. The smallest absolute Gasteiger partial charge is 0.309 e. The Labute approximate surface area is 127 Å². The molecule has 0 aromatic carbocycles. The lowest BCUT2D eigenvalue weighted by atomic mass is 10.3. The predicted molar refractivity (Wildman–Crippen MR) is 78.0 cm³/mol. The van der Waals surface area contributed by atoms with Crippen molar-refractivity contribution < 1.29 is 9.72 Å². The summed E-state index contributed by atoms with van der Waals surface area (Å²) in [4.78, 5) is 24.1. The number of hydrogen-bond acceptors (Lipinski definition) is 5. The molecule has 0 fully saturated rings. The van der Waals surface area contributed by atoms with E-state index in [1.807, 2.05) is 17.7 Å². The van der Waals surface area contributed by atoms with E-state index in [1.54, 1.807) is 25.1 Å². The van der Waals surface area contributed by atoms with Gasteiger partial charge in [0.2, 0.25) is 5.91 Å². The number of carbonyl (C=O) groups excluding carboxylic acids is 1. The van der Waals surface area contributed by atoms with Gasteiger partial charge >= 0.3 is 5.69 Å². The van der Waals surface area contributed by atoms with E-state index < -0.39 is 4.92 Å². The van der Waals surface area contributed by atoms with Gasteiger partial charge in [0.05, 0.1) is 17.2 Å². The molecule has 0 saturated heterocycles. The zero-order valence-corrected chi connectivity index (χ0v) is 12.8. The van der Waals surface area contributed by atoms with Crippen LogP contribution in [0.25, 0.3) is 0 Å². The summed E-state index contributed by atoms with van der Waals surface area (Å²) in [6.45, 7) is 4.68. The fraction of sp³-hybridized carbons (Fsp3) is 0.462. The van der Waals surface area contributed by atoms with E-state index in [9.17, 15) is 14.9 Å². The second-order valence-electron chi connectivity index (χ2n) is 4.92. The van der Waals surface area contributed by atoms with Crippen molar-refractivity contribution >= 4 is 11.6 Å². The largest absolute Gasteiger partial charge is 0.338 e. The summed E-state index contributed by atoms with van der Waals surface area (Å²) in [5, 5.41) is 18.8. The molecule has 2 aromatic heterocycles. The van der Waals surface area contributed by atoms with Crippen LogP contribution >= 0.6 is 0 Å². The number of amides is 1. The second kappa shape index (κ2) is 6.37. The van der Waals surface area contributed by atoms with E-state index in [2.05, 4.69) is 10.2 Å². The van der Waals surface area contributed by atoms with Crippen LogP contribution in [0.3, 0.4) is 0 Å². The minimum Gasteiger partial charge on any atom is -0.338 e. The Hall–Kier alpha value is -2.71. The van der Waals surface area contributed by atoms with Gasteiger partial charge in [0, 0.05) is 19.8 Å². The van der Waals surface area contributed by atoms with E-state index >= 15 is 0 Å². The van der Waals surface area contributed by atoms with Crippen molar-refractivity contribution in [2.45, 2.75) is 33.5 Å². The maximum Gasteiger partial charge on any atom is 0.309 e. The number of hydrogen-bond donors (Lipinski definition) is 0.